The Kier molecular flexibility index (Phi) is 6.28. The lowest BCUT2D eigenvalue weighted by molar-refractivity contribution is 0.00578. The average molecular weight is 367 g/mol. The van der Waals surface area contributed by atoms with Crippen LogP contribution in [0.2, 0.25) is 25.0 Å². The van der Waals surface area contributed by atoms with Crippen molar-refractivity contribution in [2.24, 2.45) is 0 Å². The van der Waals surface area contributed by atoms with Crippen molar-refractivity contribution in [3.8, 4) is 0 Å². The molecule has 0 saturated carbocycles. The number of hydrogen-bond donors (Lipinski definition) is 0. The zero-order chi connectivity index (χ0) is 18.0. The summed E-state index contributed by atoms with van der Waals surface area (Å²) in [5.41, 5.74) is -0.537. The molecular formula is C19H32BClO2Si. The fraction of sp³-hybridized carbons (Fsp3) is 0.684. The molecule has 1 fully saturated rings. The van der Waals surface area contributed by atoms with Crippen molar-refractivity contribution < 1.29 is 9.31 Å². The summed E-state index contributed by atoms with van der Waals surface area (Å²) in [6, 6.07) is 12.1. The van der Waals surface area contributed by atoms with Gasteiger partial charge in [0.2, 0.25) is 0 Å². The maximum Gasteiger partial charge on any atom is 0.460 e. The molecule has 24 heavy (non-hydrogen) atoms. The highest BCUT2D eigenvalue weighted by molar-refractivity contribution is 6.90. The van der Waals surface area contributed by atoms with E-state index in [0.29, 0.717) is 11.7 Å². The Hall–Kier alpha value is -0.288. The van der Waals surface area contributed by atoms with Gasteiger partial charge in [-0.25, -0.2) is 0 Å². The number of halogens is 1. The molecule has 1 aliphatic rings. The molecule has 1 aromatic rings. The van der Waals surface area contributed by atoms with Gasteiger partial charge in [0.1, 0.15) is 0 Å². The van der Waals surface area contributed by atoms with Crippen LogP contribution in [0.1, 0.15) is 40.5 Å². The summed E-state index contributed by atoms with van der Waals surface area (Å²) >= 11 is 5.98. The lowest BCUT2D eigenvalue weighted by Crippen LogP contribution is -2.44. The van der Waals surface area contributed by atoms with Crippen LogP contribution in [0.5, 0.6) is 0 Å². The lowest BCUT2D eigenvalue weighted by atomic mass is 9.70. The van der Waals surface area contributed by atoms with Crippen LogP contribution in [0.15, 0.2) is 30.3 Å². The van der Waals surface area contributed by atoms with Crippen LogP contribution >= 0.6 is 11.6 Å². The number of hydrogen-bond acceptors (Lipinski definition) is 2. The average Bonchev–Trinajstić information content (AvgIpc) is 2.72. The van der Waals surface area contributed by atoms with Crippen molar-refractivity contribution in [1.82, 2.24) is 0 Å². The first kappa shape index (κ1) is 20.0. The van der Waals surface area contributed by atoms with Crippen LogP contribution in [0.4, 0.5) is 0 Å². The minimum atomic E-state index is -1.56. The Bertz CT molecular complexity index is 517. The Morgan fingerprint density at radius 2 is 1.58 bits per heavy atom. The van der Waals surface area contributed by atoms with Gasteiger partial charge in [-0.2, -0.15) is 0 Å². The summed E-state index contributed by atoms with van der Waals surface area (Å²) in [6.07, 6.45) is 2.07. The quantitative estimate of drug-likeness (QED) is 0.494. The molecule has 134 valence electrons. The van der Waals surface area contributed by atoms with Crippen molar-refractivity contribution in [2.75, 3.05) is 5.88 Å². The fourth-order valence-corrected chi connectivity index (χ4v) is 6.61. The van der Waals surface area contributed by atoms with Crippen molar-refractivity contribution >= 4 is 32.0 Å². The SMILES string of the molecule is CC1(C)OB(C(CCCCl)C[Si](C)(C)c2ccccc2)OC1(C)C. The van der Waals surface area contributed by atoms with Gasteiger partial charge < -0.3 is 9.31 Å². The molecule has 0 spiro atoms. The summed E-state index contributed by atoms with van der Waals surface area (Å²) in [7, 11) is -1.69. The highest BCUT2D eigenvalue weighted by Gasteiger charge is 2.54. The Balaban J connectivity index is 2.17. The van der Waals surface area contributed by atoms with Gasteiger partial charge in [-0.1, -0.05) is 61.1 Å². The molecule has 0 bridgehead atoms. The van der Waals surface area contributed by atoms with E-state index < -0.39 is 8.07 Å². The van der Waals surface area contributed by atoms with E-state index in [1.54, 1.807) is 0 Å². The molecule has 0 amide bonds. The second-order valence-electron chi connectivity index (χ2n) is 8.67. The molecule has 1 aliphatic heterocycles. The highest BCUT2D eigenvalue weighted by Crippen LogP contribution is 2.43. The van der Waals surface area contributed by atoms with E-state index in [9.17, 15) is 0 Å². The van der Waals surface area contributed by atoms with Gasteiger partial charge in [0.25, 0.3) is 0 Å². The topological polar surface area (TPSA) is 18.5 Å². The molecule has 1 heterocycles. The molecule has 0 N–H and O–H groups in total. The maximum absolute atomic E-state index is 6.36. The molecule has 1 aromatic carbocycles. The van der Waals surface area contributed by atoms with E-state index in [2.05, 4.69) is 71.1 Å². The minimum Gasteiger partial charge on any atom is -0.403 e. The molecule has 2 nitrogen and oxygen atoms in total. The molecule has 0 aromatic heterocycles. The Labute approximate surface area is 154 Å². The Morgan fingerprint density at radius 3 is 2.08 bits per heavy atom. The molecule has 5 heteroatoms. The van der Waals surface area contributed by atoms with Gasteiger partial charge in [0, 0.05) is 5.88 Å². The van der Waals surface area contributed by atoms with Crippen molar-refractivity contribution in [3.63, 3.8) is 0 Å². The molecule has 0 radical (unpaired) electrons. The van der Waals surface area contributed by atoms with Crippen molar-refractivity contribution in [1.29, 1.82) is 0 Å². The molecule has 1 unspecified atom stereocenters. The minimum absolute atomic E-state index is 0.131. The van der Waals surface area contributed by atoms with Crippen LogP contribution < -0.4 is 5.19 Å². The van der Waals surface area contributed by atoms with E-state index in [4.69, 9.17) is 20.9 Å². The third kappa shape index (κ3) is 4.46. The van der Waals surface area contributed by atoms with Gasteiger partial charge in [-0.15, -0.1) is 11.6 Å². The standard InChI is InChI=1S/C19H32BClO2Si/c1-18(2)19(3,4)23-20(22-18)16(11-10-14-21)15-24(5,6)17-12-8-7-9-13-17/h7-9,12-13,16H,10-11,14-15H2,1-6H3. The van der Waals surface area contributed by atoms with Crippen molar-refractivity contribution in [2.45, 2.75) is 76.7 Å². The van der Waals surface area contributed by atoms with Crippen LogP contribution in [-0.4, -0.2) is 32.3 Å². The van der Waals surface area contributed by atoms with Crippen LogP contribution in [0.25, 0.3) is 0 Å². The largest absolute Gasteiger partial charge is 0.460 e. The predicted molar refractivity (Wildman–Crippen MR) is 108 cm³/mol. The predicted octanol–water partition coefficient (Wildman–Crippen LogP) is 5.08. The maximum atomic E-state index is 6.36. The Morgan fingerprint density at radius 1 is 1.04 bits per heavy atom. The zero-order valence-electron chi connectivity index (χ0n) is 16.1. The molecule has 1 atom stereocenters. The van der Waals surface area contributed by atoms with E-state index in [0.717, 1.165) is 18.9 Å². The van der Waals surface area contributed by atoms with Gasteiger partial charge in [-0.3, -0.25) is 0 Å². The second-order valence-corrected chi connectivity index (χ2v) is 13.8. The first-order valence-corrected chi connectivity index (χ1v) is 12.8. The summed E-state index contributed by atoms with van der Waals surface area (Å²) in [5.74, 6) is 1.09. The van der Waals surface area contributed by atoms with Crippen molar-refractivity contribution in [3.05, 3.63) is 30.3 Å². The number of benzene rings is 1. The van der Waals surface area contributed by atoms with Gasteiger partial charge in [0.05, 0.1) is 19.3 Å². The van der Waals surface area contributed by atoms with Gasteiger partial charge in [0.15, 0.2) is 0 Å². The molecule has 1 saturated heterocycles. The van der Waals surface area contributed by atoms with E-state index in [-0.39, 0.29) is 18.3 Å². The number of alkyl halides is 1. The smallest absolute Gasteiger partial charge is 0.403 e. The normalized spacial score (nSPS) is 21.0. The fourth-order valence-electron chi connectivity index (χ4n) is 3.42. The third-order valence-corrected chi connectivity index (χ3v) is 9.40. The summed E-state index contributed by atoms with van der Waals surface area (Å²) in [4.78, 5) is 0. The van der Waals surface area contributed by atoms with Crippen LogP contribution in [0, 0.1) is 0 Å². The third-order valence-electron chi connectivity index (χ3n) is 5.69. The van der Waals surface area contributed by atoms with Crippen LogP contribution in [-0.2, 0) is 9.31 Å². The summed E-state index contributed by atoms with van der Waals surface area (Å²) in [5, 5.41) is 1.50. The van der Waals surface area contributed by atoms with E-state index >= 15 is 0 Å². The first-order chi connectivity index (χ1) is 11.1. The highest BCUT2D eigenvalue weighted by atomic mass is 35.5. The number of rotatable bonds is 7. The second kappa shape index (κ2) is 7.53. The van der Waals surface area contributed by atoms with Gasteiger partial charge >= 0.3 is 7.12 Å². The van der Waals surface area contributed by atoms with Gasteiger partial charge in [-0.05, 0) is 39.9 Å². The van der Waals surface area contributed by atoms with Crippen LogP contribution in [0.3, 0.4) is 0 Å². The van der Waals surface area contributed by atoms with E-state index in [1.165, 1.54) is 5.19 Å². The monoisotopic (exact) mass is 366 g/mol. The zero-order valence-corrected chi connectivity index (χ0v) is 17.8. The first-order valence-electron chi connectivity index (χ1n) is 9.06. The molecule has 0 aliphatic carbocycles. The summed E-state index contributed by atoms with van der Waals surface area (Å²) in [6.45, 7) is 13.4. The summed E-state index contributed by atoms with van der Waals surface area (Å²) < 4.78 is 12.7. The molecular weight excluding hydrogens is 335 g/mol. The lowest BCUT2D eigenvalue weighted by Gasteiger charge is -2.32. The van der Waals surface area contributed by atoms with E-state index in [1.807, 2.05) is 0 Å². The molecule has 2 rings (SSSR count).